The van der Waals surface area contributed by atoms with Crippen LogP contribution in [0.4, 0.5) is 0 Å². The van der Waals surface area contributed by atoms with E-state index in [2.05, 4.69) is 76.2 Å². The molecule has 0 saturated heterocycles. The Morgan fingerprint density at radius 1 is 1.04 bits per heavy atom. The molecule has 0 aliphatic heterocycles. The van der Waals surface area contributed by atoms with Gasteiger partial charge in [0.2, 0.25) is 0 Å². The van der Waals surface area contributed by atoms with E-state index in [4.69, 9.17) is 0 Å². The van der Waals surface area contributed by atoms with Crippen LogP contribution >= 0.6 is 8.58 Å². The molecule has 0 aliphatic carbocycles. The zero-order valence-electron chi connectivity index (χ0n) is 15.1. The average Bonchev–Trinajstić information content (AvgIpc) is 2.44. The Bertz CT molecular complexity index is 687. The fraction of sp³-hybridized carbons (Fsp3) is 0.400. The number of phenols is 1. The van der Waals surface area contributed by atoms with Crippen molar-refractivity contribution < 1.29 is 5.11 Å². The highest BCUT2D eigenvalue weighted by atomic mass is 31.1. The molecule has 0 amide bonds. The fourth-order valence-electron chi connectivity index (χ4n) is 2.57. The predicted molar refractivity (Wildman–Crippen MR) is 103 cm³/mol. The molecule has 0 aliphatic rings. The molecular weight excluding hydrogens is 301 g/mol. The zero-order chi connectivity index (χ0) is 17.2. The molecule has 2 nitrogen and oxygen atoms in total. The van der Waals surface area contributed by atoms with Crippen molar-refractivity contribution in [3.63, 3.8) is 0 Å². The lowest BCUT2D eigenvalue weighted by Gasteiger charge is -2.22. The Kier molecular flexibility index (Phi) is 5.49. The van der Waals surface area contributed by atoms with E-state index in [1.54, 1.807) is 0 Å². The number of phenolic OH excluding ortho intramolecular Hbond substituents is 1. The first-order valence-corrected chi connectivity index (χ1v) is 9.02. The predicted octanol–water partition coefficient (Wildman–Crippen LogP) is 3.69. The topological polar surface area (TPSA) is 23.5 Å². The molecular formula is C20H28NOP. The Morgan fingerprint density at radius 3 is 2.30 bits per heavy atom. The summed E-state index contributed by atoms with van der Waals surface area (Å²) in [6, 6.07) is 12.8. The van der Waals surface area contributed by atoms with Gasteiger partial charge in [0.25, 0.3) is 0 Å². The van der Waals surface area contributed by atoms with E-state index in [0.717, 1.165) is 17.4 Å². The molecule has 23 heavy (non-hydrogen) atoms. The van der Waals surface area contributed by atoms with Crippen molar-refractivity contribution in [3.05, 3.63) is 53.1 Å². The van der Waals surface area contributed by atoms with Crippen LogP contribution in [-0.4, -0.2) is 24.1 Å². The van der Waals surface area contributed by atoms with E-state index < -0.39 is 0 Å². The number of benzene rings is 2. The highest BCUT2D eigenvalue weighted by molar-refractivity contribution is 7.55. The second-order valence-electron chi connectivity index (χ2n) is 7.46. The summed E-state index contributed by atoms with van der Waals surface area (Å²) in [7, 11) is 4.64. The molecule has 0 spiro atoms. The molecule has 1 unspecified atom stereocenters. The van der Waals surface area contributed by atoms with Crippen molar-refractivity contribution in [2.75, 3.05) is 14.1 Å². The van der Waals surface area contributed by atoms with Crippen LogP contribution in [0.25, 0.3) is 0 Å². The maximum Gasteiger partial charge on any atom is 0.126 e. The minimum absolute atomic E-state index is 0.0842. The van der Waals surface area contributed by atoms with E-state index in [0.29, 0.717) is 14.3 Å². The van der Waals surface area contributed by atoms with Crippen LogP contribution in [-0.2, 0) is 12.0 Å². The molecule has 0 radical (unpaired) electrons. The molecule has 0 aromatic heterocycles. The first kappa shape index (κ1) is 18.0. The summed E-state index contributed by atoms with van der Waals surface area (Å²) in [5.41, 5.74) is 3.65. The van der Waals surface area contributed by atoms with Crippen LogP contribution < -0.4 is 10.6 Å². The monoisotopic (exact) mass is 329 g/mol. The fourth-order valence-corrected chi connectivity index (χ4v) is 3.91. The number of aromatic hydroxyl groups is 1. The summed E-state index contributed by atoms with van der Waals surface area (Å²) in [6.07, 6.45) is 0. The molecule has 2 aromatic rings. The van der Waals surface area contributed by atoms with Crippen molar-refractivity contribution in [1.29, 1.82) is 0 Å². The van der Waals surface area contributed by atoms with Gasteiger partial charge in [-0.3, -0.25) is 0 Å². The van der Waals surface area contributed by atoms with Gasteiger partial charge >= 0.3 is 0 Å². The van der Waals surface area contributed by atoms with E-state index in [9.17, 15) is 5.11 Å². The van der Waals surface area contributed by atoms with E-state index in [1.165, 1.54) is 16.4 Å². The lowest BCUT2D eigenvalue weighted by atomic mass is 9.86. The largest absolute Gasteiger partial charge is 0.507 e. The quantitative estimate of drug-likeness (QED) is 0.865. The van der Waals surface area contributed by atoms with Gasteiger partial charge in [0.1, 0.15) is 5.75 Å². The minimum atomic E-state index is 0.0842. The van der Waals surface area contributed by atoms with Crippen LogP contribution in [0.3, 0.4) is 0 Å². The summed E-state index contributed by atoms with van der Waals surface area (Å²) in [4.78, 5) is 2.18. The van der Waals surface area contributed by atoms with Crippen LogP contribution in [0.15, 0.2) is 36.4 Å². The van der Waals surface area contributed by atoms with Gasteiger partial charge in [0.05, 0.1) is 0 Å². The standard InChI is InChI=1S/C20H28NOP/c1-14-11-16(20(2,3)4)12-18(19(14)22)23-17-10-8-7-9-15(17)13-21(5)6/h7-12,22-23H,13H2,1-6H3. The Labute approximate surface area is 142 Å². The smallest absolute Gasteiger partial charge is 0.126 e. The zero-order valence-corrected chi connectivity index (χ0v) is 16.1. The second-order valence-corrected chi connectivity index (χ2v) is 8.79. The molecule has 0 fully saturated rings. The van der Waals surface area contributed by atoms with Gasteiger partial charge < -0.3 is 10.0 Å². The Balaban J connectivity index is 2.43. The maximum absolute atomic E-state index is 10.5. The lowest BCUT2D eigenvalue weighted by molar-refractivity contribution is 0.403. The normalized spacial score (nSPS) is 12.5. The summed E-state index contributed by atoms with van der Waals surface area (Å²) in [6.45, 7) is 9.55. The highest BCUT2D eigenvalue weighted by Gasteiger charge is 2.18. The summed E-state index contributed by atoms with van der Waals surface area (Å²) in [5, 5.41) is 12.9. The average molecular weight is 329 g/mol. The maximum atomic E-state index is 10.5. The SMILES string of the molecule is Cc1cc(C(C)(C)C)cc(Pc2ccccc2CN(C)C)c1O. The lowest BCUT2D eigenvalue weighted by Crippen LogP contribution is -2.19. The van der Waals surface area contributed by atoms with Gasteiger partial charge in [-0.05, 0) is 54.5 Å². The van der Waals surface area contributed by atoms with Crippen molar-refractivity contribution in [2.24, 2.45) is 0 Å². The van der Waals surface area contributed by atoms with Crippen LogP contribution in [0.1, 0.15) is 37.5 Å². The van der Waals surface area contributed by atoms with Crippen LogP contribution in [0, 0.1) is 6.92 Å². The minimum Gasteiger partial charge on any atom is -0.507 e. The van der Waals surface area contributed by atoms with E-state index in [-0.39, 0.29) is 5.41 Å². The van der Waals surface area contributed by atoms with Gasteiger partial charge in [0.15, 0.2) is 0 Å². The van der Waals surface area contributed by atoms with Gasteiger partial charge in [-0.15, -0.1) is 0 Å². The van der Waals surface area contributed by atoms with Crippen molar-refractivity contribution in [3.8, 4) is 5.75 Å². The first-order chi connectivity index (χ1) is 10.7. The van der Waals surface area contributed by atoms with Gasteiger partial charge in [-0.25, -0.2) is 0 Å². The van der Waals surface area contributed by atoms with Gasteiger partial charge in [-0.2, -0.15) is 0 Å². The summed E-state index contributed by atoms with van der Waals surface area (Å²) < 4.78 is 0. The summed E-state index contributed by atoms with van der Waals surface area (Å²) in [5.74, 6) is 0.441. The van der Waals surface area contributed by atoms with Crippen molar-refractivity contribution in [1.82, 2.24) is 4.90 Å². The number of hydrogen-bond donors (Lipinski definition) is 1. The number of hydrogen-bond acceptors (Lipinski definition) is 2. The number of aryl methyl sites for hydroxylation is 1. The highest BCUT2D eigenvalue weighted by Crippen LogP contribution is 2.30. The molecule has 1 atom stereocenters. The van der Waals surface area contributed by atoms with Gasteiger partial charge in [0, 0.05) is 11.8 Å². The molecule has 0 bridgehead atoms. The molecule has 0 saturated carbocycles. The third-order valence-electron chi connectivity index (χ3n) is 3.94. The third-order valence-corrected chi connectivity index (χ3v) is 5.35. The number of rotatable bonds is 4. The Hall–Kier alpha value is -1.37. The van der Waals surface area contributed by atoms with Crippen LogP contribution in [0.2, 0.25) is 0 Å². The van der Waals surface area contributed by atoms with Crippen molar-refractivity contribution in [2.45, 2.75) is 39.7 Å². The third kappa shape index (κ3) is 4.56. The van der Waals surface area contributed by atoms with E-state index >= 15 is 0 Å². The van der Waals surface area contributed by atoms with Crippen LogP contribution in [0.5, 0.6) is 5.75 Å². The molecule has 3 heteroatoms. The second kappa shape index (κ2) is 7.03. The Morgan fingerprint density at radius 2 is 1.70 bits per heavy atom. The molecule has 2 rings (SSSR count). The molecule has 1 N–H and O–H groups in total. The van der Waals surface area contributed by atoms with Gasteiger partial charge in [-0.1, -0.05) is 59.7 Å². The molecule has 124 valence electrons. The molecule has 2 aromatic carbocycles. The van der Waals surface area contributed by atoms with Crippen molar-refractivity contribution >= 4 is 19.2 Å². The first-order valence-electron chi connectivity index (χ1n) is 8.02. The summed E-state index contributed by atoms with van der Waals surface area (Å²) >= 11 is 0. The molecule has 0 heterocycles. The number of nitrogens with zero attached hydrogens (tertiary/aromatic N) is 1. The van der Waals surface area contributed by atoms with E-state index in [1.807, 2.05) is 6.92 Å².